The molecular weight excluding hydrogens is 314 g/mol. The van der Waals surface area contributed by atoms with E-state index in [0.29, 0.717) is 12.2 Å². The van der Waals surface area contributed by atoms with E-state index in [1.807, 2.05) is 42.3 Å². The smallest absolute Gasteiger partial charge is 0.276 e. The first-order valence-electron chi connectivity index (χ1n) is 7.67. The van der Waals surface area contributed by atoms with Crippen molar-refractivity contribution >= 4 is 18.3 Å². The molecule has 124 valence electrons. The largest absolute Gasteiger partial charge is 0.333 e. The molecule has 1 N–H and O–H groups in total. The zero-order valence-corrected chi connectivity index (χ0v) is 14.0. The Labute approximate surface area is 142 Å². The molecule has 3 rings (SSSR count). The van der Waals surface area contributed by atoms with Crippen LogP contribution in [0.2, 0.25) is 0 Å². The summed E-state index contributed by atoms with van der Waals surface area (Å²) in [5.74, 6) is -0.0166. The summed E-state index contributed by atoms with van der Waals surface area (Å²) < 4.78 is 1.71. The molecule has 23 heavy (non-hydrogen) atoms. The van der Waals surface area contributed by atoms with Crippen molar-refractivity contribution in [1.29, 1.82) is 0 Å². The summed E-state index contributed by atoms with van der Waals surface area (Å²) in [7, 11) is 1.91. The summed E-state index contributed by atoms with van der Waals surface area (Å²) >= 11 is 0. The number of aromatic nitrogens is 3. The third kappa shape index (κ3) is 4.09. The Morgan fingerprint density at radius 1 is 1.35 bits per heavy atom. The van der Waals surface area contributed by atoms with Crippen molar-refractivity contribution in [3.63, 3.8) is 0 Å². The minimum absolute atomic E-state index is 0. The van der Waals surface area contributed by atoms with E-state index < -0.39 is 0 Å². The molecule has 0 saturated carbocycles. The Balaban J connectivity index is 0.00000192. The van der Waals surface area contributed by atoms with Gasteiger partial charge in [-0.15, -0.1) is 17.5 Å². The topological polar surface area (TPSA) is 63.1 Å². The summed E-state index contributed by atoms with van der Waals surface area (Å²) in [6.07, 6.45) is 3.84. The van der Waals surface area contributed by atoms with Crippen LogP contribution in [0.3, 0.4) is 0 Å². The van der Waals surface area contributed by atoms with Crippen LogP contribution in [0.1, 0.15) is 28.9 Å². The maximum atomic E-state index is 12.6. The van der Waals surface area contributed by atoms with Crippen molar-refractivity contribution in [3.8, 4) is 0 Å². The molecule has 6 nitrogen and oxygen atoms in total. The lowest BCUT2D eigenvalue weighted by atomic mass is 10.2. The van der Waals surface area contributed by atoms with Gasteiger partial charge in [-0.3, -0.25) is 4.79 Å². The van der Waals surface area contributed by atoms with Crippen molar-refractivity contribution in [3.05, 3.63) is 47.8 Å². The van der Waals surface area contributed by atoms with E-state index in [0.717, 1.165) is 31.5 Å². The van der Waals surface area contributed by atoms with Crippen molar-refractivity contribution in [1.82, 2.24) is 25.2 Å². The van der Waals surface area contributed by atoms with Crippen LogP contribution in [0.25, 0.3) is 0 Å². The summed E-state index contributed by atoms with van der Waals surface area (Å²) in [5.41, 5.74) is 1.57. The van der Waals surface area contributed by atoms with Crippen molar-refractivity contribution in [2.24, 2.45) is 0 Å². The van der Waals surface area contributed by atoms with Gasteiger partial charge in [0.05, 0.1) is 12.7 Å². The first-order valence-corrected chi connectivity index (χ1v) is 7.67. The van der Waals surface area contributed by atoms with E-state index in [4.69, 9.17) is 0 Å². The second-order valence-corrected chi connectivity index (χ2v) is 5.64. The van der Waals surface area contributed by atoms with Crippen LogP contribution in [0.15, 0.2) is 36.5 Å². The number of benzene rings is 1. The second-order valence-electron chi connectivity index (χ2n) is 5.64. The zero-order chi connectivity index (χ0) is 15.4. The number of carbonyl (C=O) groups is 1. The average Bonchev–Trinajstić information content (AvgIpc) is 3.18. The highest BCUT2D eigenvalue weighted by Gasteiger charge is 2.30. The number of hydrogen-bond donors (Lipinski definition) is 1. The Morgan fingerprint density at radius 3 is 2.87 bits per heavy atom. The molecule has 1 aliphatic rings. The van der Waals surface area contributed by atoms with Gasteiger partial charge in [-0.1, -0.05) is 35.5 Å². The minimum atomic E-state index is -0.0166. The molecule has 0 aliphatic carbocycles. The molecule has 1 saturated heterocycles. The molecule has 1 aromatic carbocycles. The standard InChI is InChI=1S/C16H21N5O.ClH/c1-17-10-14-8-5-9-21(14)16(22)15-12-20(19-18-15)11-13-6-3-2-4-7-13;/h2-4,6-7,12,14,17H,5,8-11H2,1H3;1H. The van der Waals surface area contributed by atoms with Gasteiger partial charge in [-0.05, 0) is 25.5 Å². The van der Waals surface area contributed by atoms with Gasteiger partial charge in [0.15, 0.2) is 5.69 Å². The Kier molecular flexibility index (Phi) is 6.12. The van der Waals surface area contributed by atoms with Crippen molar-refractivity contribution in [2.45, 2.75) is 25.4 Å². The number of likely N-dealkylation sites (N-methyl/N-ethyl adjacent to an activating group) is 1. The van der Waals surface area contributed by atoms with E-state index in [1.165, 1.54) is 0 Å². The van der Waals surface area contributed by atoms with Crippen molar-refractivity contribution in [2.75, 3.05) is 20.1 Å². The molecule has 0 bridgehead atoms. The lowest BCUT2D eigenvalue weighted by molar-refractivity contribution is 0.0731. The van der Waals surface area contributed by atoms with Crippen LogP contribution in [-0.4, -0.2) is 52.0 Å². The quantitative estimate of drug-likeness (QED) is 0.901. The number of hydrogen-bond acceptors (Lipinski definition) is 4. The molecule has 2 aromatic rings. The predicted molar refractivity (Wildman–Crippen MR) is 90.8 cm³/mol. The van der Waals surface area contributed by atoms with Crippen molar-refractivity contribution < 1.29 is 4.79 Å². The lowest BCUT2D eigenvalue weighted by Crippen LogP contribution is -2.41. The van der Waals surface area contributed by atoms with Crippen LogP contribution < -0.4 is 5.32 Å². The average molecular weight is 336 g/mol. The van der Waals surface area contributed by atoms with Gasteiger partial charge in [-0.25, -0.2) is 4.68 Å². The lowest BCUT2D eigenvalue weighted by Gasteiger charge is -2.23. The first kappa shape index (κ1) is 17.4. The number of carbonyl (C=O) groups excluding carboxylic acids is 1. The fourth-order valence-electron chi connectivity index (χ4n) is 2.94. The van der Waals surface area contributed by atoms with E-state index in [9.17, 15) is 4.79 Å². The molecule has 0 spiro atoms. The fourth-order valence-corrected chi connectivity index (χ4v) is 2.94. The third-order valence-electron chi connectivity index (χ3n) is 4.02. The Morgan fingerprint density at radius 2 is 2.13 bits per heavy atom. The van der Waals surface area contributed by atoms with E-state index in [2.05, 4.69) is 15.6 Å². The van der Waals surface area contributed by atoms with Crippen LogP contribution >= 0.6 is 12.4 Å². The maximum absolute atomic E-state index is 12.6. The predicted octanol–water partition coefficient (Wildman–Crippen LogP) is 1.57. The number of amides is 1. The normalized spacial score (nSPS) is 17.1. The van der Waals surface area contributed by atoms with Gasteiger partial charge in [0, 0.05) is 19.1 Å². The van der Waals surface area contributed by atoms with E-state index in [1.54, 1.807) is 10.9 Å². The summed E-state index contributed by atoms with van der Waals surface area (Å²) in [4.78, 5) is 14.5. The number of likely N-dealkylation sites (tertiary alicyclic amines) is 1. The molecular formula is C16H22ClN5O. The van der Waals surface area contributed by atoms with Gasteiger partial charge in [-0.2, -0.15) is 0 Å². The zero-order valence-electron chi connectivity index (χ0n) is 13.2. The highest BCUT2D eigenvalue weighted by atomic mass is 35.5. The summed E-state index contributed by atoms with van der Waals surface area (Å²) in [6.45, 7) is 2.25. The number of nitrogens with zero attached hydrogens (tertiary/aromatic N) is 4. The Hall–Kier alpha value is -1.92. The minimum Gasteiger partial charge on any atom is -0.333 e. The van der Waals surface area contributed by atoms with Gasteiger partial charge >= 0.3 is 0 Å². The van der Waals surface area contributed by atoms with Gasteiger partial charge in [0.25, 0.3) is 5.91 Å². The monoisotopic (exact) mass is 335 g/mol. The Bertz CT molecular complexity index is 630. The molecule has 2 heterocycles. The number of nitrogens with one attached hydrogen (secondary N) is 1. The van der Waals surface area contributed by atoms with Gasteiger partial charge in [0.1, 0.15) is 0 Å². The molecule has 1 amide bonds. The summed E-state index contributed by atoms with van der Waals surface area (Å²) in [6, 6.07) is 10.3. The SMILES string of the molecule is CNCC1CCCN1C(=O)c1cn(Cc2ccccc2)nn1.Cl. The number of rotatable bonds is 5. The number of halogens is 1. The molecule has 1 aromatic heterocycles. The molecule has 7 heteroatoms. The van der Waals surface area contributed by atoms with Crippen LogP contribution in [-0.2, 0) is 6.54 Å². The van der Waals surface area contributed by atoms with Crippen LogP contribution in [0.5, 0.6) is 0 Å². The van der Waals surface area contributed by atoms with Crippen LogP contribution in [0, 0.1) is 0 Å². The highest BCUT2D eigenvalue weighted by Crippen LogP contribution is 2.18. The van der Waals surface area contributed by atoms with E-state index >= 15 is 0 Å². The van der Waals surface area contributed by atoms with E-state index in [-0.39, 0.29) is 24.4 Å². The molecule has 1 fully saturated rings. The molecule has 1 aliphatic heterocycles. The van der Waals surface area contributed by atoms with Gasteiger partial charge < -0.3 is 10.2 Å². The van der Waals surface area contributed by atoms with Gasteiger partial charge in [0.2, 0.25) is 0 Å². The molecule has 1 unspecified atom stereocenters. The second kappa shape index (κ2) is 8.08. The fraction of sp³-hybridized carbons (Fsp3) is 0.438. The van der Waals surface area contributed by atoms with Crippen LogP contribution in [0.4, 0.5) is 0 Å². The maximum Gasteiger partial charge on any atom is 0.276 e. The summed E-state index contributed by atoms with van der Waals surface area (Å²) in [5, 5.41) is 11.3. The highest BCUT2D eigenvalue weighted by molar-refractivity contribution is 5.92. The molecule has 0 radical (unpaired) electrons. The molecule has 1 atom stereocenters. The third-order valence-corrected chi connectivity index (χ3v) is 4.02. The first-order chi connectivity index (χ1) is 10.8.